The van der Waals surface area contributed by atoms with Gasteiger partial charge in [-0.2, -0.15) is 4.31 Å². The minimum absolute atomic E-state index is 0.106. The fraction of sp³-hybridized carbons (Fsp3) is 0.316. The van der Waals surface area contributed by atoms with E-state index < -0.39 is 26.0 Å². The zero-order chi connectivity index (χ0) is 22.1. The Morgan fingerprint density at radius 2 is 1.59 bits per heavy atom. The van der Waals surface area contributed by atoms with Crippen LogP contribution in [0.3, 0.4) is 0 Å². The first-order valence-corrected chi connectivity index (χ1v) is 11.8. The Bertz CT molecular complexity index is 1140. The first-order chi connectivity index (χ1) is 13.2. The standard InChI is InChI=1S/C19H25N3O5S2/c1-12(2)22(5)29(26,27)17-8-6-16(7-9-17)21-19(23)15-10-13(3)14(4)18(11-15)28(20,24)25/h6-12H,1-5H3,(H,21,23)(H2,20,24,25). The molecule has 2 rings (SSSR count). The van der Waals surface area contributed by atoms with Crippen LogP contribution in [0.15, 0.2) is 46.2 Å². The molecule has 0 bridgehead atoms. The molecule has 0 saturated heterocycles. The van der Waals surface area contributed by atoms with E-state index in [4.69, 9.17) is 5.14 Å². The molecule has 158 valence electrons. The van der Waals surface area contributed by atoms with Crippen molar-refractivity contribution in [1.82, 2.24) is 4.31 Å². The molecule has 0 unspecified atom stereocenters. The van der Waals surface area contributed by atoms with Crippen LogP contribution >= 0.6 is 0 Å². The lowest BCUT2D eigenvalue weighted by Crippen LogP contribution is -2.33. The van der Waals surface area contributed by atoms with E-state index in [1.54, 1.807) is 33.8 Å². The molecule has 2 aromatic carbocycles. The number of nitrogens with zero attached hydrogens (tertiary/aromatic N) is 1. The Balaban J connectivity index is 2.30. The summed E-state index contributed by atoms with van der Waals surface area (Å²) >= 11 is 0. The van der Waals surface area contributed by atoms with Gasteiger partial charge in [0.05, 0.1) is 9.79 Å². The number of aryl methyl sites for hydroxylation is 1. The first kappa shape index (κ1) is 23.0. The van der Waals surface area contributed by atoms with Crippen LogP contribution in [0.4, 0.5) is 5.69 Å². The van der Waals surface area contributed by atoms with Crippen molar-refractivity contribution in [2.75, 3.05) is 12.4 Å². The number of nitrogens with two attached hydrogens (primary N) is 1. The van der Waals surface area contributed by atoms with Gasteiger partial charge in [-0.1, -0.05) is 0 Å². The monoisotopic (exact) mass is 439 g/mol. The molecular weight excluding hydrogens is 414 g/mol. The lowest BCUT2D eigenvalue weighted by molar-refractivity contribution is 0.102. The van der Waals surface area contributed by atoms with Gasteiger partial charge in [-0.3, -0.25) is 4.79 Å². The number of carbonyl (C=O) groups is 1. The van der Waals surface area contributed by atoms with Gasteiger partial charge in [0.1, 0.15) is 0 Å². The van der Waals surface area contributed by atoms with Crippen LogP contribution in [0.1, 0.15) is 35.3 Å². The zero-order valence-electron chi connectivity index (χ0n) is 16.9. The molecule has 8 nitrogen and oxygen atoms in total. The van der Waals surface area contributed by atoms with Crippen LogP contribution in [0, 0.1) is 13.8 Å². The van der Waals surface area contributed by atoms with Crippen molar-refractivity contribution in [3.63, 3.8) is 0 Å². The third-order valence-electron chi connectivity index (χ3n) is 4.70. The van der Waals surface area contributed by atoms with Gasteiger partial charge in [-0.25, -0.2) is 22.0 Å². The van der Waals surface area contributed by atoms with Crippen LogP contribution in [0.2, 0.25) is 0 Å². The number of benzene rings is 2. The molecule has 0 fully saturated rings. The SMILES string of the molecule is Cc1cc(C(=O)Nc2ccc(S(=O)(=O)N(C)C(C)C)cc2)cc(S(N)(=O)=O)c1C. The third kappa shape index (κ3) is 5.02. The molecule has 1 amide bonds. The number of carbonyl (C=O) groups excluding carboxylic acids is 1. The molecule has 0 spiro atoms. The molecule has 0 aliphatic rings. The van der Waals surface area contributed by atoms with Crippen LogP contribution < -0.4 is 10.5 Å². The Kier molecular flexibility index (Phi) is 6.53. The minimum Gasteiger partial charge on any atom is -0.322 e. The largest absolute Gasteiger partial charge is 0.322 e. The quantitative estimate of drug-likeness (QED) is 0.714. The molecule has 3 N–H and O–H groups in total. The van der Waals surface area contributed by atoms with E-state index in [9.17, 15) is 21.6 Å². The Hall–Kier alpha value is -2.27. The van der Waals surface area contributed by atoms with Gasteiger partial charge in [0.25, 0.3) is 5.91 Å². The minimum atomic E-state index is -3.97. The van der Waals surface area contributed by atoms with Crippen molar-refractivity contribution in [3.8, 4) is 0 Å². The fourth-order valence-corrected chi connectivity index (χ4v) is 4.86. The van der Waals surface area contributed by atoms with Crippen LogP contribution in [-0.2, 0) is 20.0 Å². The predicted molar refractivity (Wildman–Crippen MR) is 112 cm³/mol. The second-order valence-electron chi connectivity index (χ2n) is 7.05. The van der Waals surface area contributed by atoms with Crippen molar-refractivity contribution < 1.29 is 21.6 Å². The average molecular weight is 440 g/mol. The highest BCUT2D eigenvalue weighted by Crippen LogP contribution is 2.22. The highest BCUT2D eigenvalue weighted by atomic mass is 32.2. The van der Waals surface area contributed by atoms with E-state index in [-0.39, 0.29) is 21.4 Å². The van der Waals surface area contributed by atoms with Crippen LogP contribution in [0.5, 0.6) is 0 Å². The molecule has 0 aliphatic carbocycles. The van der Waals surface area contributed by atoms with Crippen molar-refractivity contribution in [3.05, 3.63) is 53.1 Å². The van der Waals surface area contributed by atoms with Crippen molar-refractivity contribution in [1.29, 1.82) is 0 Å². The van der Waals surface area contributed by atoms with Gasteiger partial charge in [0, 0.05) is 24.3 Å². The van der Waals surface area contributed by atoms with Crippen molar-refractivity contribution >= 4 is 31.6 Å². The zero-order valence-corrected chi connectivity index (χ0v) is 18.6. The number of rotatable bonds is 6. The number of amides is 1. The summed E-state index contributed by atoms with van der Waals surface area (Å²) in [7, 11) is -6.10. The molecule has 0 aliphatic heterocycles. The number of anilines is 1. The summed E-state index contributed by atoms with van der Waals surface area (Å²) in [5.41, 5.74) is 1.60. The normalized spacial score (nSPS) is 12.4. The Morgan fingerprint density at radius 3 is 2.07 bits per heavy atom. The average Bonchev–Trinajstić information content (AvgIpc) is 2.62. The van der Waals surface area contributed by atoms with Crippen LogP contribution in [0.25, 0.3) is 0 Å². The topological polar surface area (TPSA) is 127 Å². The summed E-state index contributed by atoms with van der Waals surface area (Å²) in [6.07, 6.45) is 0. The second kappa shape index (κ2) is 8.23. The number of primary sulfonamides is 1. The fourth-order valence-electron chi connectivity index (χ4n) is 2.61. The molecule has 10 heteroatoms. The summed E-state index contributed by atoms with van der Waals surface area (Å²) in [4.78, 5) is 12.6. The van der Waals surface area contributed by atoms with Crippen molar-refractivity contribution in [2.45, 2.75) is 43.5 Å². The summed E-state index contributed by atoms with van der Waals surface area (Å²) in [6, 6.07) is 8.34. The molecule has 29 heavy (non-hydrogen) atoms. The van der Waals surface area contributed by atoms with Gasteiger partial charge in [0.2, 0.25) is 20.0 Å². The van der Waals surface area contributed by atoms with Crippen LogP contribution in [-0.4, -0.2) is 40.1 Å². The number of hydrogen-bond donors (Lipinski definition) is 2. The van der Waals surface area contributed by atoms with Crippen molar-refractivity contribution in [2.24, 2.45) is 5.14 Å². The lowest BCUT2D eigenvalue weighted by Gasteiger charge is -2.21. The summed E-state index contributed by atoms with van der Waals surface area (Å²) < 4.78 is 49.8. The maximum atomic E-state index is 12.6. The molecule has 0 atom stereocenters. The maximum Gasteiger partial charge on any atom is 0.255 e. The summed E-state index contributed by atoms with van der Waals surface area (Å²) in [6.45, 7) is 6.84. The van der Waals surface area contributed by atoms with E-state index in [0.29, 0.717) is 16.8 Å². The molecule has 0 saturated carbocycles. The van der Waals surface area contributed by atoms with Gasteiger partial charge in [-0.15, -0.1) is 0 Å². The van der Waals surface area contributed by atoms with Gasteiger partial charge in [-0.05, 0) is 75.2 Å². The highest BCUT2D eigenvalue weighted by molar-refractivity contribution is 7.89. The molecule has 0 aromatic heterocycles. The van der Waals surface area contributed by atoms with Gasteiger partial charge >= 0.3 is 0 Å². The number of nitrogens with one attached hydrogen (secondary N) is 1. The smallest absolute Gasteiger partial charge is 0.255 e. The molecule has 0 heterocycles. The maximum absolute atomic E-state index is 12.6. The van der Waals surface area contributed by atoms with Gasteiger partial charge in [0.15, 0.2) is 0 Å². The Labute approximate surface area is 171 Å². The second-order valence-corrected chi connectivity index (χ2v) is 10.6. The number of hydrogen-bond acceptors (Lipinski definition) is 5. The number of sulfonamides is 2. The van der Waals surface area contributed by atoms with Gasteiger partial charge < -0.3 is 5.32 Å². The van der Waals surface area contributed by atoms with E-state index in [1.807, 2.05) is 0 Å². The summed E-state index contributed by atoms with van der Waals surface area (Å²) in [5, 5.41) is 7.86. The molecule has 0 radical (unpaired) electrons. The predicted octanol–water partition coefficient (Wildman–Crippen LogP) is 2.23. The third-order valence-corrected chi connectivity index (χ3v) is 7.79. The molecule has 2 aromatic rings. The van der Waals surface area contributed by atoms with E-state index in [0.717, 1.165) is 0 Å². The first-order valence-electron chi connectivity index (χ1n) is 8.78. The Morgan fingerprint density at radius 1 is 1.03 bits per heavy atom. The molecular formula is C19H25N3O5S2. The van der Waals surface area contributed by atoms with E-state index in [1.165, 1.54) is 41.7 Å². The summed E-state index contributed by atoms with van der Waals surface area (Å²) in [5.74, 6) is -0.534. The highest BCUT2D eigenvalue weighted by Gasteiger charge is 2.23. The van der Waals surface area contributed by atoms with E-state index >= 15 is 0 Å². The lowest BCUT2D eigenvalue weighted by atomic mass is 10.1. The van der Waals surface area contributed by atoms with E-state index in [2.05, 4.69) is 5.32 Å².